The van der Waals surface area contributed by atoms with Gasteiger partial charge in [0.2, 0.25) is 0 Å². The van der Waals surface area contributed by atoms with Crippen LogP contribution in [0.4, 0.5) is 0 Å². The molecule has 2 heteroatoms. The molecule has 128 valence electrons. The molecule has 3 atom stereocenters. The van der Waals surface area contributed by atoms with Gasteiger partial charge in [-0.1, -0.05) is 74.0 Å². The maximum absolute atomic E-state index is 9.95. The summed E-state index contributed by atoms with van der Waals surface area (Å²) in [5.41, 5.74) is 2.69. The molecule has 1 saturated heterocycles. The van der Waals surface area contributed by atoms with Crippen LogP contribution in [0.5, 0.6) is 0 Å². The maximum Gasteiger partial charge on any atom is 0.0628 e. The molecular formula is C22H29NO. The summed E-state index contributed by atoms with van der Waals surface area (Å²) in [5, 5.41) is 9.95. The van der Waals surface area contributed by atoms with Gasteiger partial charge in [-0.2, -0.15) is 0 Å². The third-order valence-corrected chi connectivity index (χ3v) is 5.59. The summed E-state index contributed by atoms with van der Waals surface area (Å²) in [6.07, 6.45) is 3.61. The zero-order valence-corrected chi connectivity index (χ0v) is 14.6. The normalized spacial score (nSPS) is 23.1. The molecule has 0 aliphatic carbocycles. The first-order valence-corrected chi connectivity index (χ1v) is 9.25. The van der Waals surface area contributed by atoms with Gasteiger partial charge in [0, 0.05) is 6.54 Å². The van der Waals surface area contributed by atoms with Crippen LogP contribution >= 0.6 is 0 Å². The van der Waals surface area contributed by atoms with Crippen molar-refractivity contribution in [1.29, 1.82) is 0 Å². The van der Waals surface area contributed by atoms with Crippen molar-refractivity contribution in [3.05, 3.63) is 71.8 Å². The summed E-state index contributed by atoms with van der Waals surface area (Å²) in [6, 6.07) is 21.5. The SMILES string of the molecule is CC[C@@H]1CN([C@@H](CO)c2ccccc2)CC[C@H]1Cc1ccccc1. The van der Waals surface area contributed by atoms with E-state index in [0.29, 0.717) is 5.92 Å². The zero-order chi connectivity index (χ0) is 16.8. The lowest BCUT2D eigenvalue weighted by Crippen LogP contribution is -2.43. The van der Waals surface area contributed by atoms with Crippen LogP contribution in [-0.4, -0.2) is 29.7 Å². The Kier molecular flexibility index (Phi) is 6.06. The highest BCUT2D eigenvalue weighted by Crippen LogP contribution is 2.33. The van der Waals surface area contributed by atoms with Gasteiger partial charge in [0.15, 0.2) is 0 Å². The highest BCUT2D eigenvalue weighted by atomic mass is 16.3. The molecule has 1 fully saturated rings. The number of likely N-dealkylation sites (tertiary alicyclic amines) is 1. The fourth-order valence-corrected chi connectivity index (χ4v) is 4.15. The average molecular weight is 323 g/mol. The number of aliphatic hydroxyl groups excluding tert-OH is 1. The summed E-state index contributed by atoms with van der Waals surface area (Å²) in [6.45, 7) is 4.68. The minimum absolute atomic E-state index is 0.137. The van der Waals surface area contributed by atoms with Crippen LogP contribution in [0.3, 0.4) is 0 Å². The number of rotatable bonds is 6. The Labute approximate surface area is 146 Å². The molecule has 24 heavy (non-hydrogen) atoms. The van der Waals surface area contributed by atoms with E-state index < -0.39 is 0 Å². The summed E-state index contributed by atoms with van der Waals surface area (Å²) in [5.74, 6) is 1.46. The standard InChI is InChI=1S/C22H29NO/c1-2-19-16-23(22(17-24)20-11-7-4-8-12-20)14-13-21(19)15-18-9-5-3-6-10-18/h3-12,19,21-22,24H,2,13-17H2,1H3/t19-,21+,22+/m1/s1. The Balaban J connectivity index is 1.67. The quantitative estimate of drug-likeness (QED) is 0.856. The Morgan fingerprint density at radius 1 is 1.00 bits per heavy atom. The van der Waals surface area contributed by atoms with Crippen molar-refractivity contribution in [1.82, 2.24) is 4.90 Å². The van der Waals surface area contributed by atoms with Crippen molar-refractivity contribution in [2.24, 2.45) is 11.8 Å². The second kappa shape index (κ2) is 8.46. The Morgan fingerprint density at radius 3 is 2.29 bits per heavy atom. The van der Waals surface area contributed by atoms with Crippen molar-refractivity contribution < 1.29 is 5.11 Å². The minimum Gasteiger partial charge on any atom is -0.394 e. The van der Waals surface area contributed by atoms with Crippen molar-refractivity contribution >= 4 is 0 Å². The molecule has 2 aromatic carbocycles. The lowest BCUT2D eigenvalue weighted by atomic mass is 9.79. The maximum atomic E-state index is 9.95. The first-order valence-electron chi connectivity index (χ1n) is 9.25. The van der Waals surface area contributed by atoms with Gasteiger partial charge in [0.25, 0.3) is 0 Å². The molecule has 0 bridgehead atoms. The lowest BCUT2D eigenvalue weighted by Gasteiger charge is -2.42. The first kappa shape index (κ1) is 17.2. The van der Waals surface area contributed by atoms with Gasteiger partial charge < -0.3 is 5.11 Å². The van der Waals surface area contributed by atoms with Crippen LogP contribution in [0, 0.1) is 11.8 Å². The summed E-state index contributed by atoms with van der Waals surface area (Å²) < 4.78 is 0. The van der Waals surface area contributed by atoms with Crippen molar-refractivity contribution in [2.75, 3.05) is 19.7 Å². The van der Waals surface area contributed by atoms with E-state index >= 15 is 0 Å². The fourth-order valence-electron chi connectivity index (χ4n) is 4.15. The van der Waals surface area contributed by atoms with Crippen LogP contribution in [0.15, 0.2) is 60.7 Å². The van der Waals surface area contributed by atoms with Crippen LogP contribution in [0.2, 0.25) is 0 Å². The van der Waals surface area contributed by atoms with Crippen molar-refractivity contribution in [2.45, 2.75) is 32.2 Å². The monoisotopic (exact) mass is 323 g/mol. The Morgan fingerprint density at radius 2 is 1.67 bits per heavy atom. The molecule has 2 aromatic rings. The Bertz CT molecular complexity index is 598. The minimum atomic E-state index is 0.137. The van der Waals surface area contributed by atoms with Gasteiger partial charge in [-0.3, -0.25) is 4.90 Å². The first-order chi connectivity index (χ1) is 11.8. The number of benzene rings is 2. The highest BCUT2D eigenvalue weighted by Gasteiger charge is 2.31. The summed E-state index contributed by atoms with van der Waals surface area (Å²) >= 11 is 0. The molecule has 0 spiro atoms. The van der Waals surface area contributed by atoms with Crippen molar-refractivity contribution in [3.8, 4) is 0 Å². The van der Waals surface area contributed by atoms with E-state index in [1.54, 1.807) is 0 Å². The van der Waals surface area contributed by atoms with Crippen molar-refractivity contribution in [3.63, 3.8) is 0 Å². The predicted molar refractivity (Wildman–Crippen MR) is 99.9 cm³/mol. The summed E-state index contributed by atoms with van der Waals surface area (Å²) in [4.78, 5) is 2.49. The molecule has 0 saturated carbocycles. The van der Waals surface area contributed by atoms with E-state index in [1.165, 1.54) is 30.4 Å². The highest BCUT2D eigenvalue weighted by molar-refractivity contribution is 5.20. The largest absolute Gasteiger partial charge is 0.394 e. The second-order valence-electron chi connectivity index (χ2n) is 7.01. The second-order valence-corrected chi connectivity index (χ2v) is 7.01. The van der Waals surface area contributed by atoms with E-state index in [4.69, 9.17) is 0 Å². The van der Waals surface area contributed by atoms with E-state index in [-0.39, 0.29) is 12.6 Å². The molecule has 0 radical (unpaired) electrons. The molecule has 0 aromatic heterocycles. The van der Waals surface area contributed by atoms with E-state index in [1.807, 2.05) is 6.07 Å². The topological polar surface area (TPSA) is 23.5 Å². The number of hydrogen-bond acceptors (Lipinski definition) is 2. The number of aliphatic hydroxyl groups is 1. The zero-order valence-electron chi connectivity index (χ0n) is 14.6. The van der Waals surface area contributed by atoms with Crippen LogP contribution in [-0.2, 0) is 6.42 Å². The number of piperidine rings is 1. The van der Waals surface area contributed by atoms with Crippen LogP contribution in [0.1, 0.15) is 36.9 Å². The third-order valence-electron chi connectivity index (χ3n) is 5.59. The van der Waals surface area contributed by atoms with Crippen LogP contribution < -0.4 is 0 Å². The molecule has 1 aliphatic rings. The fraction of sp³-hybridized carbons (Fsp3) is 0.455. The van der Waals surface area contributed by atoms with Gasteiger partial charge in [0.1, 0.15) is 0 Å². The summed E-state index contributed by atoms with van der Waals surface area (Å²) in [7, 11) is 0. The number of nitrogens with zero attached hydrogens (tertiary/aromatic N) is 1. The third kappa shape index (κ3) is 4.06. The molecule has 1 N–H and O–H groups in total. The van der Waals surface area contributed by atoms with Gasteiger partial charge in [0.05, 0.1) is 12.6 Å². The molecule has 1 aliphatic heterocycles. The van der Waals surface area contributed by atoms with Gasteiger partial charge in [-0.25, -0.2) is 0 Å². The van der Waals surface area contributed by atoms with E-state index in [9.17, 15) is 5.11 Å². The number of hydrogen-bond donors (Lipinski definition) is 1. The molecule has 1 heterocycles. The molecule has 3 rings (SSSR count). The molecule has 2 nitrogen and oxygen atoms in total. The molecule has 0 unspecified atom stereocenters. The smallest absolute Gasteiger partial charge is 0.0628 e. The molecular weight excluding hydrogens is 294 g/mol. The van der Waals surface area contributed by atoms with Gasteiger partial charge in [-0.15, -0.1) is 0 Å². The molecule has 0 amide bonds. The lowest BCUT2D eigenvalue weighted by molar-refractivity contribution is 0.0498. The van der Waals surface area contributed by atoms with Crippen LogP contribution in [0.25, 0.3) is 0 Å². The Hall–Kier alpha value is -1.64. The van der Waals surface area contributed by atoms with Gasteiger partial charge in [-0.05, 0) is 42.3 Å². The predicted octanol–water partition coefficient (Wildman–Crippen LogP) is 4.31. The van der Waals surface area contributed by atoms with Gasteiger partial charge >= 0.3 is 0 Å². The average Bonchev–Trinajstić information content (AvgIpc) is 2.65. The van der Waals surface area contributed by atoms with E-state index in [0.717, 1.165) is 19.0 Å². The van der Waals surface area contributed by atoms with E-state index in [2.05, 4.69) is 66.4 Å².